The number of amides is 4. The molecule has 0 aliphatic rings. The highest BCUT2D eigenvalue weighted by atomic mass is 35.5. The Hall–Kier alpha value is -4.03. The number of alkyl carbamates (subject to hydrolysis) is 1. The Bertz CT molecular complexity index is 1210. The maximum absolute atomic E-state index is 13.7. The summed E-state index contributed by atoms with van der Waals surface area (Å²) in [6.45, 7) is 8.64. The number of ether oxygens (including phenoxy) is 1. The van der Waals surface area contributed by atoms with Crippen LogP contribution in [0.3, 0.4) is 0 Å². The van der Waals surface area contributed by atoms with Gasteiger partial charge in [-0.25, -0.2) is 4.79 Å². The molecule has 38 heavy (non-hydrogen) atoms. The smallest absolute Gasteiger partial charge is 0.408 e. The molecule has 0 saturated heterocycles. The van der Waals surface area contributed by atoms with Gasteiger partial charge in [0.25, 0.3) is 11.8 Å². The van der Waals surface area contributed by atoms with E-state index in [0.717, 1.165) is 10.5 Å². The molecule has 2 atom stereocenters. The van der Waals surface area contributed by atoms with Crippen LogP contribution in [-0.2, 0) is 19.1 Å². The van der Waals surface area contributed by atoms with E-state index in [1.165, 1.54) is 0 Å². The molecule has 0 aliphatic carbocycles. The fraction of sp³-hybridized carbons (Fsp3) is 0.357. The number of para-hydroxylation sites is 1. The Morgan fingerprint density at radius 3 is 2.26 bits per heavy atom. The number of rotatable bonds is 9. The summed E-state index contributed by atoms with van der Waals surface area (Å²) in [5, 5.41) is 5.54. The lowest BCUT2D eigenvalue weighted by molar-refractivity contribution is -0.137. The monoisotopic (exact) mass is 540 g/mol. The summed E-state index contributed by atoms with van der Waals surface area (Å²) in [5.41, 5.74) is 6.88. The normalized spacial score (nSPS) is 12.4. The molecule has 0 saturated carbocycles. The summed E-state index contributed by atoms with van der Waals surface area (Å²) in [6, 6.07) is 11.7. The molecule has 10 heteroatoms. The third kappa shape index (κ3) is 8.53. The first kappa shape index (κ1) is 30.2. The second kappa shape index (κ2) is 13.0. The average Bonchev–Trinajstić information content (AvgIpc) is 2.81. The third-order valence-electron chi connectivity index (χ3n) is 5.41. The van der Waals surface area contributed by atoms with Crippen molar-refractivity contribution in [2.45, 2.75) is 65.1 Å². The van der Waals surface area contributed by atoms with Gasteiger partial charge in [0.15, 0.2) is 0 Å². The van der Waals surface area contributed by atoms with Gasteiger partial charge in [-0.3, -0.25) is 19.3 Å². The number of aryl methyl sites for hydroxylation is 2. The molecule has 2 aromatic rings. The summed E-state index contributed by atoms with van der Waals surface area (Å²) in [7, 11) is 0. The van der Waals surface area contributed by atoms with E-state index in [9.17, 15) is 19.2 Å². The van der Waals surface area contributed by atoms with Gasteiger partial charge in [0.1, 0.15) is 17.7 Å². The molecule has 0 radical (unpaired) electrons. The first-order chi connectivity index (χ1) is 17.7. The van der Waals surface area contributed by atoms with Crippen molar-refractivity contribution < 1.29 is 23.9 Å². The second-order valence-electron chi connectivity index (χ2n) is 9.78. The van der Waals surface area contributed by atoms with E-state index in [4.69, 9.17) is 28.5 Å². The zero-order valence-electron chi connectivity index (χ0n) is 22.1. The predicted molar refractivity (Wildman–Crippen MR) is 146 cm³/mol. The van der Waals surface area contributed by atoms with Crippen LogP contribution in [0.2, 0.25) is 5.02 Å². The third-order valence-corrected chi connectivity index (χ3v) is 5.73. The van der Waals surface area contributed by atoms with E-state index in [-0.39, 0.29) is 12.8 Å². The van der Waals surface area contributed by atoms with Gasteiger partial charge in [0.2, 0.25) is 5.91 Å². The number of halogens is 1. The fourth-order valence-electron chi connectivity index (χ4n) is 3.58. The van der Waals surface area contributed by atoms with Crippen LogP contribution in [0.1, 0.15) is 56.3 Å². The van der Waals surface area contributed by atoms with Gasteiger partial charge in [-0.1, -0.05) is 60.0 Å². The van der Waals surface area contributed by atoms with Gasteiger partial charge in [0.05, 0.1) is 10.7 Å². The lowest BCUT2D eigenvalue weighted by atomic mass is 10.0. The number of nitrogens with one attached hydrogen (secondary N) is 2. The minimum Gasteiger partial charge on any atom is -0.444 e. The van der Waals surface area contributed by atoms with Crippen LogP contribution in [0.5, 0.6) is 0 Å². The van der Waals surface area contributed by atoms with Crippen molar-refractivity contribution in [2.75, 3.05) is 5.32 Å². The molecule has 9 nitrogen and oxygen atoms in total. The number of nitrogens with zero attached hydrogens (tertiary/aromatic N) is 1. The number of primary amides is 1. The van der Waals surface area contributed by atoms with Crippen molar-refractivity contribution in [3.63, 3.8) is 0 Å². The number of carbonyl (C=O) groups is 4. The summed E-state index contributed by atoms with van der Waals surface area (Å²) in [4.78, 5) is 52.2. The van der Waals surface area contributed by atoms with Crippen molar-refractivity contribution in [1.29, 1.82) is 0 Å². The van der Waals surface area contributed by atoms with Gasteiger partial charge in [-0.15, -0.1) is 0 Å². The first-order valence-corrected chi connectivity index (χ1v) is 12.3. The number of nitrogens with two attached hydrogens (primary N) is 1. The lowest BCUT2D eigenvalue weighted by Gasteiger charge is -2.30. The quantitative estimate of drug-likeness (QED) is 0.324. The standard InChI is InChI=1S/C28H33ClN4O5/c1-7-33(26(36)21(15-16-22(30)34)31-27(37)38-28(4,5)6)24(19-13-11-17(2)12-14-19)25(35)32-23-18(3)9-8-10-20(23)29/h1,8-14,21,24H,15-16H2,2-6H3,(H2,30,34)(H,31,37)(H,32,35). The molecular weight excluding hydrogens is 508 g/mol. The molecule has 0 spiro atoms. The molecule has 2 rings (SSSR count). The second-order valence-corrected chi connectivity index (χ2v) is 10.2. The molecule has 0 bridgehead atoms. The topological polar surface area (TPSA) is 131 Å². The van der Waals surface area contributed by atoms with Crippen LogP contribution in [-0.4, -0.2) is 40.4 Å². The molecule has 4 amide bonds. The SMILES string of the molecule is C#CN(C(=O)C(CCC(N)=O)NC(=O)OC(C)(C)C)C(C(=O)Nc1c(C)cccc1Cl)c1ccc(C)cc1. The highest BCUT2D eigenvalue weighted by Gasteiger charge is 2.36. The van der Waals surface area contributed by atoms with Crippen LogP contribution in [0.4, 0.5) is 10.5 Å². The van der Waals surface area contributed by atoms with E-state index < -0.39 is 41.5 Å². The zero-order chi connectivity index (χ0) is 28.6. The molecular formula is C28H33ClN4O5. The maximum Gasteiger partial charge on any atom is 0.408 e. The summed E-state index contributed by atoms with van der Waals surface area (Å²) in [6.07, 6.45) is 4.51. The van der Waals surface area contributed by atoms with Gasteiger partial charge in [-0.2, -0.15) is 0 Å². The molecule has 202 valence electrons. The lowest BCUT2D eigenvalue weighted by Crippen LogP contribution is -2.51. The van der Waals surface area contributed by atoms with Gasteiger partial charge >= 0.3 is 6.09 Å². The van der Waals surface area contributed by atoms with Crippen molar-refractivity contribution >= 4 is 41.1 Å². The maximum atomic E-state index is 13.7. The van der Waals surface area contributed by atoms with E-state index in [1.54, 1.807) is 70.2 Å². The number of benzene rings is 2. The number of hydrogen-bond acceptors (Lipinski definition) is 5. The molecule has 2 unspecified atom stereocenters. The number of anilines is 1. The van der Waals surface area contributed by atoms with Gasteiger partial charge in [0, 0.05) is 12.5 Å². The highest BCUT2D eigenvalue weighted by Crippen LogP contribution is 2.29. The predicted octanol–water partition coefficient (Wildman–Crippen LogP) is 4.21. The zero-order valence-corrected chi connectivity index (χ0v) is 22.9. The van der Waals surface area contributed by atoms with Crippen molar-refractivity contribution in [2.24, 2.45) is 5.73 Å². The number of carbonyl (C=O) groups excluding carboxylic acids is 4. The molecule has 2 aromatic carbocycles. The van der Waals surface area contributed by atoms with E-state index >= 15 is 0 Å². The molecule has 0 aromatic heterocycles. The molecule has 0 fully saturated rings. The Labute approximate surface area is 228 Å². The van der Waals surface area contributed by atoms with E-state index in [2.05, 4.69) is 16.7 Å². The Balaban J connectivity index is 2.50. The highest BCUT2D eigenvalue weighted by molar-refractivity contribution is 6.34. The van der Waals surface area contributed by atoms with Gasteiger partial charge < -0.3 is 21.1 Å². The Kier molecular flexibility index (Phi) is 10.3. The molecule has 0 aliphatic heterocycles. The summed E-state index contributed by atoms with van der Waals surface area (Å²) >= 11 is 6.31. The average molecular weight is 541 g/mol. The Morgan fingerprint density at radius 2 is 1.74 bits per heavy atom. The summed E-state index contributed by atoms with van der Waals surface area (Å²) in [5.74, 6) is -2.10. The van der Waals surface area contributed by atoms with Crippen LogP contribution >= 0.6 is 11.6 Å². The Morgan fingerprint density at radius 1 is 1.11 bits per heavy atom. The summed E-state index contributed by atoms with van der Waals surface area (Å²) < 4.78 is 5.27. The first-order valence-electron chi connectivity index (χ1n) is 11.9. The van der Waals surface area contributed by atoms with Crippen LogP contribution in [0.15, 0.2) is 42.5 Å². The van der Waals surface area contributed by atoms with Gasteiger partial charge in [-0.05, 0) is 58.2 Å². The largest absolute Gasteiger partial charge is 0.444 e. The minimum absolute atomic E-state index is 0.155. The molecule has 4 N–H and O–H groups in total. The van der Waals surface area contributed by atoms with Crippen molar-refractivity contribution in [3.05, 3.63) is 64.2 Å². The number of terminal acetylenes is 1. The molecule has 0 heterocycles. The van der Waals surface area contributed by atoms with E-state index in [1.807, 2.05) is 6.92 Å². The minimum atomic E-state index is -1.30. The van der Waals surface area contributed by atoms with Crippen LogP contribution in [0, 0.1) is 26.3 Å². The fourth-order valence-corrected chi connectivity index (χ4v) is 3.84. The van der Waals surface area contributed by atoms with Crippen molar-refractivity contribution in [3.8, 4) is 12.5 Å². The van der Waals surface area contributed by atoms with Crippen molar-refractivity contribution in [1.82, 2.24) is 10.2 Å². The van der Waals surface area contributed by atoms with E-state index in [0.29, 0.717) is 21.8 Å². The van der Waals surface area contributed by atoms with Crippen LogP contribution in [0.25, 0.3) is 0 Å². The number of hydrogen-bond donors (Lipinski definition) is 3. The van der Waals surface area contributed by atoms with Crippen LogP contribution < -0.4 is 16.4 Å².